The van der Waals surface area contributed by atoms with Gasteiger partial charge in [0.05, 0.1) is 5.54 Å². The van der Waals surface area contributed by atoms with Gasteiger partial charge in [-0.05, 0) is 29.9 Å². The Balaban J connectivity index is 1.61. The molecule has 3 fully saturated rings. The van der Waals surface area contributed by atoms with Gasteiger partial charge in [-0.3, -0.25) is 0 Å². The van der Waals surface area contributed by atoms with Crippen molar-refractivity contribution in [3.05, 3.63) is 46.3 Å². The molecule has 0 spiro atoms. The summed E-state index contributed by atoms with van der Waals surface area (Å²) in [6, 6.07) is 9.60. The van der Waals surface area contributed by atoms with Gasteiger partial charge in [0.15, 0.2) is 0 Å². The van der Waals surface area contributed by atoms with Crippen LogP contribution in [0.15, 0.2) is 35.4 Å². The van der Waals surface area contributed by atoms with E-state index < -0.39 is 0 Å². The van der Waals surface area contributed by atoms with Crippen molar-refractivity contribution < 1.29 is 9.53 Å². The average Bonchev–Trinajstić information content (AvgIpc) is 2.99. The minimum absolute atomic E-state index is 0.276. The first-order valence-electron chi connectivity index (χ1n) is 6.73. The van der Waals surface area contributed by atoms with Crippen LogP contribution in [0.4, 0.5) is 4.79 Å². The van der Waals surface area contributed by atoms with E-state index in [1.165, 1.54) is 0 Å². The number of nitrogens with zero attached hydrogens (tertiary/aromatic N) is 4. The number of carbonyl (C=O) groups excluding carboxylic acids is 1. The van der Waals surface area contributed by atoms with E-state index in [0.717, 1.165) is 18.4 Å². The number of rotatable bonds is 4. The standard InChI is InChI=1S/C14H16N4O2/c15-17-16-10-14-6-12(7-14)8-18(14)13(19)20-9-11-4-2-1-3-5-11/h1-5,12H,6-10H2. The monoisotopic (exact) mass is 272 g/mol. The highest BCUT2D eigenvalue weighted by atomic mass is 16.6. The molecule has 20 heavy (non-hydrogen) atoms. The number of amides is 1. The molecular weight excluding hydrogens is 256 g/mol. The van der Waals surface area contributed by atoms with Crippen LogP contribution >= 0.6 is 0 Å². The highest BCUT2D eigenvalue weighted by molar-refractivity contribution is 5.70. The molecular formula is C14H16N4O2. The van der Waals surface area contributed by atoms with Crippen molar-refractivity contribution in [2.45, 2.75) is 25.0 Å². The van der Waals surface area contributed by atoms with Gasteiger partial charge in [0.25, 0.3) is 0 Å². The molecule has 2 heterocycles. The third-order valence-corrected chi connectivity index (χ3v) is 4.20. The Morgan fingerprint density at radius 1 is 1.45 bits per heavy atom. The Morgan fingerprint density at radius 2 is 2.20 bits per heavy atom. The maximum absolute atomic E-state index is 12.2. The van der Waals surface area contributed by atoms with Gasteiger partial charge in [0.1, 0.15) is 6.61 Å². The van der Waals surface area contributed by atoms with E-state index in [1.54, 1.807) is 4.90 Å². The van der Waals surface area contributed by atoms with Gasteiger partial charge in [-0.15, -0.1) is 0 Å². The lowest BCUT2D eigenvalue weighted by atomic mass is 9.73. The zero-order valence-corrected chi connectivity index (χ0v) is 11.1. The maximum atomic E-state index is 12.2. The molecule has 4 rings (SSSR count). The molecule has 0 N–H and O–H groups in total. The topological polar surface area (TPSA) is 78.3 Å². The smallest absolute Gasteiger partial charge is 0.410 e. The number of ether oxygens (including phenoxy) is 1. The summed E-state index contributed by atoms with van der Waals surface area (Å²) >= 11 is 0. The van der Waals surface area contributed by atoms with Gasteiger partial charge >= 0.3 is 6.09 Å². The summed E-state index contributed by atoms with van der Waals surface area (Å²) in [6.07, 6.45) is 1.54. The van der Waals surface area contributed by atoms with Crippen LogP contribution < -0.4 is 0 Å². The minimum Gasteiger partial charge on any atom is -0.445 e. The second-order valence-electron chi connectivity index (χ2n) is 5.54. The van der Waals surface area contributed by atoms with Crippen LogP contribution in [0.1, 0.15) is 18.4 Å². The molecule has 2 bridgehead atoms. The third kappa shape index (κ3) is 2.18. The summed E-state index contributed by atoms with van der Waals surface area (Å²) in [5.41, 5.74) is 9.14. The first kappa shape index (κ1) is 12.8. The van der Waals surface area contributed by atoms with Crippen LogP contribution in [0.2, 0.25) is 0 Å². The second-order valence-corrected chi connectivity index (χ2v) is 5.54. The Morgan fingerprint density at radius 3 is 2.90 bits per heavy atom. The number of azide groups is 1. The number of hydrogen-bond acceptors (Lipinski definition) is 3. The van der Waals surface area contributed by atoms with Crippen molar-refractivity contribution in [3.63, 3.8) is 0 Å². The highest BCUT2D eigenvalue weighted by Crippen LogP contribution is 2.50. The lowest BCUT2D eigenvalue weighted by molar-refractivity contribution is 0.0629. The molecule has 0 unspecified atom stereocenters. The van der Waals surface area contributed by atoms with Crippen molar-refractivity contribution in [1.82, 2.24) is 4.90 Å². The van der Waals surface area contributed by atoms with Crippen LogP contribution in [-0.2, 0) is 11.3 Å². The van der Waals surface area contributed by atoms with E-state index in [4.69, 9.17) is 10.3 Å². The Kier molecular flexibility index (Phi) is 3.24. The van der Waals surface area contributed by atoms with Crippen molar-refractivity contribution in [3.8, 4) is 0 Å². The van der Waals surface area contributed by atoms with E-state index in [2.05, 4.69) is 10.0 Å². The molecule has 2 saturated heterocycles. The molecule has 1 aromatic rings. The van der Waals surface area contributed by atoms with E-state index in [9.17, 15) is 4.79 Å². The number of carbonyl (C=O) groups is 1. The highest BCUT2D eigenvalue weighted by Gasteiger charge is 2.57. The Hall–Kier alpha value is -2.20. The number of benzene rings is 1. The first-order chi connectivity index (χ1) is 9.73. The fourth-order valence-electron chi connectivity index (χ4n) is 3.26. The molecule has 104 valence electrons. The summed E-state index contributed by atoms with van der Waals surface area (Å²) in [6.45, 7) is 1.34. The van der Waals surface area contributed by atoms with Gasteiger partial charge in [0.2, 0.25) is 0 Å². The first-order valence-corrected chi connectivity index (χ1v) is 6.73. The molecule has 0 aromatic heterocycles. The zero-order chi connectivity index (χ0) is 14.0. The number of hydrogen-bond donors (Lipinski definition) is 0. The van der Waals surface area contributed by atoms with E-state index in [-0.39, 0.29) is 18.2 Å². The molecule has 0 atom stereocenters. The molecule has 1 aromatic carbocycles. The summed E-state index contributed by atoms with van der Waals surface area (Å²) in [7, 11) is 0. The van der Waals surface area contributed by atoms with Gasteiger partial charge in [0, 0.05) is 18.0 Å². The SMILES string of the molecule is [N-]=[N+]=NCC12CC(CN1C(=O)OCc1ccccc1)C2. The summed E-state index contributed by atoms with van der Waals surface area (Å²) in [5, 5.41) is 3.65. The predicted octanol–water partition coefficient (Wildman–Crippen LogP) is 3.10. The van der Waals surface area contributed by atoms with E-state index in [0.29, 0.717) is 19.0 Å². The zero-order valence-electron chi connectivity index (χ0n) is 11.1. The fourth-order valence-corrected chi connectivity index (χ4v) is 3.26. The predicted molar refractivity (Wildman–Crippen MR) is 72.8 cm³/mol. The van der Waals surface area contributed by atoms with Crippen LogP contribution in [0.3, 0.4) is 0 Å². The summed E-state index contributed by atoms with van der Waals surface area (Å²) < 4.78 is 5.37. The second kappa shape index (κ2) is 5.06. The van der Waals surface area contributed by atoms with Gasteiger partial charge < -0.3 is 9.64 Å². The number of fused-ring (bicyclic) bond motifs is 1. The Labute approximate surface area is 117 Å². The maximum Gasteiger partial charge on any atom is 0.410 e. The van der Waals surface area contributed by atoms with E-state index >= 15 is 0 Å². The molecule has 1 saturated carbocycles. The van der Waals surface area contributed by atoms with Crippen LogP contribution in [0.5, 0.6) is 0 Å². The Bertz CT molecular complexity index is 548. The van der Waals surface area contributed by atoms with Crippen molar-refractivity contribution in [1.29, 1.82) is 0 Å². The molecule has 1 aliphatic carbocycles. The lowest BCUT2D eigenvalue weighted by Crippen LogP contribution is -2.50. The van der Waals surface area contributed by atoms with Crippen molar-refractivity contribution >= 4 is 6.09 Å². The van der Waals surface area contributed by atoms with Crippen LogP contribution in [-0.4, -0.2) is 29.6 Å². The lowest BCUT2D eigenvalue weighted by Gasteiger charge is -2.40. The molecule has 1 amide bonds. The average molecular weight is 272 g/mol. The molecule has 2 aliphatic heterocycles. The molecule has 6 heteroatoms. The minimum atomic E-state index is -0.304. The summed E-state index contributed by atoms with van der Waals surface area (Å²) in [5.74, 6) is 0.535. The fraction of sp³-hybridized carbons (Fsp3) is 0.500. The third-order valence-electron chi connectivity index (χ3n) is 4.20. The van der Waals surface area contributed by atoms with Gasteiger partial charge in [-0.25, -0.2) is 4.79 Å². The molecule has 0 radical (unpaired) electrons. The van der Waals surface area contributed by atoms with Gasteiger partial charge in [-0.2, -0.15) is 0 Å². The van der Waals surface area contributed by atoms with Crippen molar-refractivity contribution in [2.75, 3.05) is 13.1 Å². The van der Waals surface area contributed by atoms with E-state index in [1.807, 2.05) is 30.3 Å². The quantitative estimate of drug-likeness (QED) is 0.479. The van der Waals surface area contributed by atoms with Gasteiger partial charge in [-0.1, -0.05) is 35.4 Å². The van der Waals surface area contributed by atoms with Crippen LogP contribution in [0.25, 0.3) is 10.4 Å². The molecule has 3 aliphatic rings. The van der Waals surface area contributed by atoms with Crippen molar-refractivity contribution in [2.24, 2.45) is 11.0 Å². The summed E-state index contributed by atoms with van der Waals surface area (Å²) in [4.78, 5) is 16.7. The largest absolute Gasteiger partial charge is 0.445 e. The molecule has 6 nitrogen and oxygen atoms in total. The van der Waals surface area contributed by atoms with Crippen LogP contribution in [0, 0.1) is 5.92 Å². The normalized spacial score (nSPS) is 26.6.